The minimum Gasteiger partial charge on any atom is -0.497 e. The zero-order valence-corrected chi connectivity index (χ0v) is 15.7. The Kier molecular flexibility index (Phi) is 4.52. The maximum Gasteiger partial charge on any atom is 0.267 e. The Morgan fingerprint density at radius 3 is 2.64 bits per heavy atom. The van der Waals surface area contributed by atoms with Gasteiger partial charge in [0.15, 0.2) is 11.8 Å². The topological polar surface area (TPSA) is 91.2 Å². The molecule has 2 aromatic carbocycles. The third kappa shape index (κ3) is 3.20. The van der Waals surface area contributed by atoms with E-state index in [-0.39, 0.29) is 11.9 Å². The highest BCUT2D eigenvalue weighted by atomic mass is 16.5. The monoisotopic (exact) mass is 377 g/mol. The number of carbonyl (C=O) groups excluding carboxylic acids is 1. The molecule has 28 heavy (non-hydrogen) atoms. The quantitative estimate of drug-likeness (QED) is 0.575. The number of para-hydroxylation sites is 1. The van der Waals surface area contributed by atoms with Gasteiger partial charge in [0.1, 0.15) is 17.0 Å². The molecule has 0 aliphatic heterocycles. The van der Waals surface area contributed by atoms with Crippen molar-refractivity contribution in [3.8, 4) is 11.5 Å². The largest absolute Gasteiger partial charge is 0.497 e. The predicted molar refractivity (Wildman–Crippen MR) is 106 cm³/mol. The van der Waals surface area contributed by atoms with Crippen LogP contribution in [0.4, 0.5) is 5.95 Å². The normalized spacial score (nSPS) is 12.1. The summed E-state index contributed by atoms with van der Waals surface area (Å²) < 4.78 is 12.8. The molecule has 1 N–H and O–H groups in total. The Morgan fingerprint density at radius 1 is 1.11 bits per heavy atom. The van der Waals surface area contributed by atoms with Gasteiger partial charge in [-0.25, -0.2) is 0 Å². The first-order valence-electron chi connectivity index (χ1n) is 8.76. The number of benzene rings is 2. The van der Waals surface area contributed by atoms with E-state index < -0.39 is 6.10 Å². The van der Waals surface area contributed by atoms with Gasteiger partial charge in [0.05, 0.1) is 12.6 Å². The molecule has 8 nitrogen and oxygen atoms in total. The number of nitrogens with zero attached hydrogens (tertiary/aromatic N) is 4. The molecule has 2 heterocycles. The van der Waals surface area contributed by atoms with Crippen LogP contribution in [0.5, 0.6) is 11.5 Å². The second kappa shape index (κ2) is 7.15. The Bertz CT molecular complexity index is 1160. The summed E-state index contributed by atoms with van der Waals surface area (Å²) in [5.41, 5.74) is 2.20. The molecule has 0 bridgehead atoms. The third-order valence-corrected chi connectivity index (χ3v) is 4.47. The predicted octanol–water partition coefficient (Wildman–Crippen LogP) is 2.93. The minimum absolute atomic E-state index is 0.124. The van der Waals surface area contributed by atoms with Crippen LogP contribution in [0, 0.1) is 0 Å². The lowest BCUT2D eigenvalue weighted by molar-refractivity contribution is -0.122. The van der Waals surface area contributed by atoms with Crippen LogP contribution in [-0.4, -0.2) is 38.9 Å². The van der Waals surface area contributed by atoms with Crippen molar-refractivity contribution in [2.45, 2.75) is 13.0 Å². The SMILES string of the molecule is COc1ccc2c(c1)c1nnc(NC(=O)C(C)Oc3ccccc3)nc1n2C. The minimum atomic E-state index is -0.710. The van der Waals surface area contributed by atoms with Crippen LogP contribution in [0.15, 0.2) is 48.5 Å². The first kappa shape index (κ1) is 17.7. The van der Waals surface area contributed by atoms with E-state index in [2.05, 4.69) is 20.5 Å². The van der Waals surface area contributed by atoms with Crippen molar-refractivity contribution in [3.63, 3.8) is 0 Å². The molecule has 4 aromatic rings. The smallest absolute Gasteiger partial charge is 0.267 e. The van der Waals surface area contributed by atoms with Gasteiger partial charge in [-0.3, -0.25) is 10.1 Å². The maximum atomic E-state index is 12.4. The number of ether oxygens (including phenoxy) is 2. The molecule has 0 aliphatic rings. The summed E-state index contributed by atoms with van der Waals surface area (Å²) in [6, 6.07) is 14.8. The number of amides is 1. The molecule has 142 valence electrons. The van der Waals surface area contributed by atoms with Gasteiger partial charge < -0.3 is 14.0 Å². The van der Waals surface area contributed by atoms with E-state index in [0.29, 0.717) is 16.9 Å². The fourth-order valence-electron chi connectivity index (χ4n) is 2.99. The van der Waals surface area contributed by atoms with Gasteiger partial charge in [-0.2, -0.15) is 4.98 Å². The maximum absolute atomic E-state index is 12.4. The number of anilines is 1. The lowest BCUT2D eigenvalue weighted by Crippen LogP contribution is -2.31. The number of aromatic nitrogens is 4. The van der Waals surface area contributed by atoms with E-state index in [1.807, 2.05) is 48.0 Å². The summed E-state index contributed by atoms with van der Waals surface area (Å²) in [6.45, 7) is 1.66. The molecule has 0 saturated carbocycles. The van der Waals surface area contributed by atoms with Crippen molar-refractivity contribution < 1.29 is 14.3 Å². The van der Waals surface area contributed by atoms with E-state index in [1.54, 1.807) is 26.2 Å². The summed E-state index contributed by atoms with van der Waals surface area (Å²) in [4.78, 5) is 16.9. The summed E-state index contributed by atoms with van der Waals surface area (Å²) in [5.74, 6) is 1.11. The van der Waals surface area contributed by atoms with Gasteiger partial charge in [-0.15, -0.1) is 10.2 Å². The Morgan fingerprint density at radius 2 is 1.89 bits per heavy atom. The van der Waals surface area contributed by atoms with Crippen molar-refractivity contribution in [2.75, 3.05) is 12.4 Å². The van der Waals surface area contributed by atoms with Crippen molar-refractivity contribution in [2.24, 2.45) is 7.05 Å². The van der Waals surface area contributed by atoms with Crippen molar-refractivity contribution in [1.82, 2.24) is 19.7 Å². The average molecular weight is 377 g/mol. The molecular formula is C20H19N5O3. The fraction of sp³-hybridized carbons (Fsp3) is 0.200. The van der Waals surface area contributed by atoms with E-state index in [9.17, 15) is 4.79 Å². The van der Waals surface area contributed by atoms with Gasteiger partial charge in [-0.1, -0.05) is 18.2 Å². The molecule has 1 unspecified atom stereocenters. The molecule has 1 amide bonds. The summed E-state index contributed by atoms with van der Waals surface area (Å²) in [6.07, 6.45) is -0.710. The van der Waals surface area contributed by atoms with Gasteiger partial charge in [0, 0.05) is 12.4 Å². The van der Waals surface area contributed by atoms with Gasteiger partial charge >= 0.3 is 0 Å². The highest BCUT2D eigenvalue weighted by Crippen LogP contribution is 2.28. The zero-order valence-electron chi connectivity index (χ0n) is 15.7. The van der Waals surface area contributed by atoms with Gasteiger partial charge in [0.2, 0.25) is 0 Å². The Hall–Kier alpha value is -3.68. The molecule has 0 spiro atoms. The molecule has 0 aliphatic carbocycles. The van der Waals surface area contributed by atoms with Crippen molar-refractivity contribution >= 4 is 33.9 Å². The zero-order chi connectivity index (χ0) is 19.7. The van der Waals surface area contributed by atoms with Gasteiger partial charge in [-0.05, 0) is 37.3 Å². The molecule has 0 saturated heterocycles. The van der Waals surface area contributed by atoms with E-state index >= 15 is 0 Å². The number of nitrogens with one attached hydrogen (secondary N) is 1. The van der Waals surface area contributed by atoms with Crippen LogP contribution >= 0.6 is 0 Å². The number of hydrogen-bond donors (Lipinski definition) is 1. The second-order valence-electron chi connectivity index (χ2n) is 6.31. The number of fused-ring (bicyclic) bond motifs is 3. The number of hydrogen-bond acceptors (Lipinski definition) is 6. The number of rotatable bonds is 5. The molecule has 0 fully saturated rings. The number of aryl methyl sites for hydroxylation is 1. The average Bonchev–Trinajstić information content (AvgIpc) is 3.00. The summed E-state index contributed by atoms with van der Waals surface area (Å²) in [5, 5.41) is 11.9. The fourth-order valence-corrected chi connectivity index (χ4v) is 2.99. The van der Waals surface area contributed by atoms with Crippen molar-refractivity contribution in [3.05, 3.63) is 48.5 Å². The van der Waals surface area contributed by atoms with Crippen LogP contribution < -0.4 is 14.8 Å². The second-order valence-corrected chi connectivity index (χ2v) is 6.31. The van der Waals surface area contributed by atoms with Gasteiger partial charge in [0.25, 0.3) is 11.9 Å². The van der Waals surface area contributed by atoms with Crippen LogP contribution in [0.1, 0.15) is 6.92 Å². The van der Waals surface area contributed by atoms with Crippen LogP contribution in [-0.2, 0) is 11.8 Å². The summed E-state index contributed by atoms with van der Waals surface area (Å²) in [7, 11) is 3.50. The lowest BCUT2D eigenvalue weighted by Gasteiger charge is -2.13. The van der Waals surface area contributed by atoms with Crippen molar-refractivity contribution in [1.29, 1.82) is 0 Å². The van der Waals surface area contributed by atoms with E-state index in [0.717, 1.165) is 16.7 Å². The Labute approximate surface area is 161 Å². The molecule has 4 rings (SSSR count). The number of methoxy groups -OCH3 is 1. The van der Waals surface area contributed by atoms with Crippen LogP contribution in [0.25, 0.3) is 22.1 Å². The molecular weight excluding hydrogens is 358 g/mol. The van der Waals surface area contributed by atoms with E-state index in [4.69, 9.17) is 9.47 Å². The van der Waals surface area contributed by atoms with Crippen LogP contribution in [0.2, 0.25) is 0 Å². The molecule has 1 atom stereocenters. The van der Waals surface area contributed by atoms with E-state index in [1.165, 1.54) is 0 Å². The lowest BCUT2D eigenvalue weighted by atomic mass is 10.2. The Balaban J connectivity index is 1.60. The highest BCUT2D eigenvalue weighted by molar-refractivity contribution is 6.05. The highest BCUT2D eigenvalue weighted by Gasteiger charge is 2.18. The third-order valence-electron chi connectivity index (χ3n) is 4.47. The standard InChI is InChI=1S/C20H19N5O3/c1-12(28-13-7-5-4-6-8-13)19(26)22-20-21-18-17(23-24-20)15-11-14(27-3)9-10-16(15)25(18)2/h4-12H,1-3H3,(H,21,22,24,26). The molecule has 0 radical (unpaired) electrons. The number of carbonyl (C=O) groups is 1. The molecule has 8 heteroatoms. The summed E-state index contributed by atoms with van der Waals surface area (Å²) >= 11 is 0. The van der Waals surface area contributed by atoms with Crippen LogP contribution in [0.3, 0.4) is 0 Å². The molecule has 2 aromatic heterocycles. The first-order valence-corrected chi connectivity index (χ1v) is 8.76. The first-order chi connectivity index (χ1) is 13.6.